The van der Waals surface area contributed by atoms with Crippen LogP contribution in [0.25, 0.3) is 0 Å². The molecule has 1 aliphatic heterocycles. The lowest BCUT2D eigenvalue weighted by Crippen LogP contribution is -2.32. The van der Waals surface area contributed by atoms with E-state index in [2.05, 4.69) is 27.4 Å². The van der Waals surface area contributed by atoms with Crippen molar-refractivity contribution in [2.75, 3.05) is 23.8 Å². The zero-order valence-corrected chi connectivity index (χ0v) is 10.7. The first-order valence-electron chi connectivity index (χ1n) is 6.30. The Balaban J connectivity index is 1.92. The van der Waals surface area contributed by atoms with Crippen molar-refractivity contribution < 1.29 is 4.39 Å². The highest BCUT2D eigenvalue weighted by Crippen LogP contribution is 2.25. The number of anilines is 2. The topological polar surface area (TPSA) is 41.1 Å². The molecular weight excluding hydrogens is 243 g/mol. The van der Waals surface area contributed by atoms with Crippen molar-refractivity contribution in [3.63, 3.8) is 0 Å². The third kappa shape index (κ3) is 2.23. The predicted octanol–water partition coefficient (Wildman–Crippen LogP) is 2.22. The van der Waals surface area contributed by atoms with Crippen LogP contribution in [0.5, 0.6) is 0 Å². The standard InChI is InChI=1S/C14H15FN4/c1-16-14-17-8-12(15)13(18-14)19-7-6-10-4-2-3-5-11(10)9-19/h2-5,8H,6-7,9H2,1H3,(H,16,17,18). The largest absolute Gasteiger partial charge is 0.357 e. The van der Waals surface area contributed by atoms with Crippen LogP contribution in [0.1, 0.15) is 11.1 Å². The summed E-state index contributed by atoms with van der Waals surface area (Å²) < 4.78 is 13.9. The van der Waals surface area contributed by atoms with Crippen LogP contribution in [0.2, 0.25) is 0 Å². The van der Waals surface area contributed by atoms with E-state index >= 15 is 0 Å². The van der Waals surface area contributed by atoms with Crippen molar-refractivity contribution >= 4 is 11.8 Å². The van der Waals surface area contributed by atoms with Crippen LogP contribution in [0.3, 0.4) is 0 Å². The van der Waals surface area contributed by atoms with Crippen LogP contribution in [0.15, 0.2) is 30.5 Å². The van der Waals surface area contributed by atoms with Gasteiger partial charge in [0.2, 0.25) is 5.95 Å². The van der Waals surface area contributed by atoms with Crippen molar-refractivity contribution in [1.29, 1.82) is 0 Å². The van der Waals surface area contributed by atoms with Gasteiger partial charge in [-0.3, -0.25) is 0 Å². The molecule has 1 aromatic heterocycles. The molecule has 0 saturated heterocycles. The first-order valence-corrected chi connectivity index (χ1v) is 6.30. The summed E-state index contributed by atoms with van der Waals surface area (Å²) in [4.78, 5) is 10.0. The van der Waals surface area contributed by atoms with Gasteiger partial charge in [-0.05, 0) is 17.5 Å². The Morgan fingerprint density at radius 2 is 2.05 bits per heavy atom. The van der Waals surface area contributed by atoms with Crippen molar-refractivity contribution in [2.24, 2.45) is 0 Å². The number of rotatable bonds is 2. The molecular formula is C14H15FN4. The van der Waals surface area contributed by atoms with Crippen molar-refractivity contribution in [3.05, 3.63) is 47.4 Å². The van der Waals surface area contributed by atoms with E-state index in [0.29, 0.717) is 18.3 Å². The second kappa shape index (κ2) is 4.84. The molecule has 0 radical (unpaired) electrons. The monoisotopic (exact) mass is 258 g/mol. The maximum Gasteiger partial charge on any atom is 0.224 e. The zero-order chi connectivity index (χ0) is 13.2. The van der Waals surface area contributed by atoms with Crippen LogP contribution in [0.4, 0.5) is 16.2 Å². The van der Waals surface area contributed by atoms with E-state index < -0.39 is 0 Å². The number of fused-ring (bicyclic) bond motifs is 1. The normalized spacial score (nSPS) is 14.1. The fourth-order valence-corrected chi connectivity index (χ4v) is 2.38. The van der Waals surface area contributed by atoms with Gasteiger partial charge in [0.1, 0.15) is 0 Å². The SMILES string of the molecule is CNc1ncc(F)c(N2CCc3ccccc3C2)n1. The summed E-state index contributed by atoms with van der Waals surface area (Å²) in [5.41, 5.74) is 2.57. The molecule has 1 aliphatic rings. The minimum atomic E-state index is -0.376. The maximum atomic E-state index is 13.9. The highest BCUT2D eigenvalue weighted by molar-refractivity contribution is 5.47. The summed E-state index contributed by atoms with van der Waals surface area (Å²) >= 11 is 0. The van der Waals surface area contributed by atoms with Gasteiger partial charge in [0, 0.05) is 20.1 Å². The second-order valence-corrected chi connectivity index (χ2v) is 4.56. The van der Waals surface area contributed by atoms with Gasteiger partial charge in [0.25, 0.3) is 0 Å². The third-order valence-electron chi connectivity index (χ3n) is 3.38. The van der Waals surface area contributed by atoms with E-state index in [1.165, 1.54) is 17.3 Å². The van der Waals surface area contributed by atoms with Gasteiger partial charge >= 0.3 is 0 Å². The van der Waals surface area contributed by atoms with E-state index in [1.54, 1.807) is 7.05 Å². The molecule has 1 N–H and O–H groups in total. The number of nitrogens with one attached hydrogen (secondary N) is 1. The summed E-state index contributed by atoms with van der Waals surface area (Å²) in [7, 11) is 1.72. The van der Waals surface area contributed by atoms with Gasteiger partial charge in [-0.25, -0.2) is 9.37 Å². The fraction of sp³-hybridized carbons (Fsp3) is 0.286. The van der Waals surface area contributed by atoms with E-state index in [4.69, 9.17) is 0 Å². The van der Waals surface area contributed by atoms with Crippen LogP contribution < -0.4 is 10.2 Å². The molecule has 1 aromatic carbocycles. The maximum absolute atomic E-state index is 13.9. The molecule has 2 heterocycles. The molecule has 0 fully saturated rings. The molecule has 0 unspecified atom stereocenters. The van der Waals surface area contributed by atoms with Crippen LogP contribution >= 0.6 is 0 Å². The third-order valence-corrected chi connectivity index (χ3v) is 3.38. The average Bonchev–Trinajstić information content (AvgIpc) is 2.47. The summed E-state index contributed by atoms with van der Waals surface area (Å²) in [6, 6.07) is 8.26. The Hall–Kier alpha value is -2.17. The molecule has 0 bridgehead atoms. The predicted molar refractivity (Wildman–Crippen MR) is 72.7 cm³/mol. The molecule has 2 aromatic rings. The first-order chi connectivity index (χ1) is 9.28. The molecule has 98 valence electrons. The van der Waals surface area contributed by atoms with E-state index in [9.17, 15) is 4.39 Å². The second-order valence-electron chi connectivity index (χ2n) is 4.56. The first kappa shape index (κ1) is 11.9. The number of halogens is 1. The summed E-state index contributed by atoms with van der Waals surface area (Å²) in [6.45, 7) is 1.46. The fourth-order valence-electron chi connectivity index (χ4n) is 2.38. The smallest absolute Gasteiger partial charge is 0.224 e. The Bertz CT molecular complexity index is 600. The molecule has 0 atom stereocenters. The molecule has 5 heteroatoms. The van der Waals surface area contributed by atoms with Gasteiger partial charge < -0.3 is 10.2 Å². The number of benzene rings is 1. The van der Waals surface area contributed by atoms with Gasteiger partial charge in [-0.2, -0.15) is 4.98 Å². The van der Waals surface area contributed by atoms with Gasteiger partial charge in [0.15, 0.2) is 11.6 Å². The van der Waals surface area contributed by atoms with Gasteiger partial charge in [-0.15, -0.1) is 0 Å². The van der Waals surface area contributed by atoms with Crippen molar-refractivity contribution in [1.82, 2.24) is 9.97 Å². The summed E-state index contributed by atoms with van der Waals surface area (Å²) in [6.07, 6.45) is 2.13. The number of aromatic nitrogens is 2. The van der Waals surface area contributed by atoms with E-state index in [1.807, 2.05) is 17.0 Å². The minimum Gasteiger partial charge on any atom is -0.357 e. The highest BCUT2D eigenvalue weighted by Gasteiger charge is 2.20. The zero-order valence-electron chi connectivity index (χ0n) is 10.7. The Morgan fingerprint density at radius 1 is 1.26 bits per heavy atom. The lowest BCUT2D eigenvalue weighted by Gasteiger charge is -2.29. The Morgan fingerprint density at radius 3 is 2.84 bits per heavy atom. The number of hydrogen-bond donors (Lipinski definition) is 1. The lowest BCUT2D eigenvalue weighted by molar-refractivity contribution is 0.595. The average molecular weight is 258 g/mol. The molecule has 0 aliphatic carbocycles. The summed E-state index contributed by atoms with van der Waals surface area (Å²) in [5, 5.41) is 2.84. The van der Waals surface area contributed by atoms with E-state index in [-0.39, 0.29) is 5.82 Å². The van der Waals surface area contributed by atoms with E-state index in [0.717, 1.165) is 13.0 Å². The van der Waals surface area contributed by atoms with Gasteiger partial charge in [-0.1, -0.05) is 24.3 Å². The molecule has 3 rings (SSSR count). The highest BCUT2D eigenvalue weighted by atomic mass is 19.1. The van der Waals surface area contributed by atoms with Gasteiger partial charge in [0.05, 0.1) is 6.20 Å². The van der Waals surface area contributed by atoms with Crippen LogP contribution in [-0.2, 0) is 13.0 Å². The quantitative estimate of drug-likeness (QED) is 0.896. The summed E-state index contributed by atoms with van der Waals surface area (Å²) in [5.74, 6) is 0.433. The Kier molecular flexibility index (Phi) is 3.03. The number of hydrogen-bond acceptors (Lipinski definition) is 4. The lowest BCUT2D eigenvalue weighted by atomic mass is 10.00. The molecule has 0 amide bonds. The van der Waals surface area contributed by atoms with Crippen LogP contribution in [-0.4, -0.2) is 23.6 Å². The Labute approximate surface area is 111 Å². The molecule has 0 saturated carbocycles. The van der Waals surface area contributed by atoms with Crippen LogP contribution in [0, 0.1) is 5.82 Å². The molecule has 4 nitrogen and oxygen atoms in total. The van der Waals surface area contributed by atoms with Crippen molar-refractivity contribution in [2.45, 2.75) is 13.0 Å². The van der Waals surface area contributed by atoms with Crippen molar-refractivity contribution in [3.8, 4) is 0 Å². The number of nitrogens with zero attached hydrogens (tertiary/aromatic N) is 3. The minimum absolute atomic E-state index is 0.369. The molecule has 19 heavy (non-hydrogen) atoms. The molecule has 0 spiro atoms.